The van der Waals surface area contributed by atoms with Crippen molar-refractivity contribution in [3.8, 4) is 0 Å². The van der Waals surface area contributed by atoms with Gasteiger partial charge in [0.25, 0.3) is 5.91 Å². The molecule has 0 bridgehead atoms. The van der Waals surface area contributed by atoms with Gasteiger partial charge in [0.15, 0.2) is 0 Å². The Morgan fingerprint density at radius 3 is 3.00 bits per heavy atom. The number of anilines is 1. The Balaban J connectivity index is 1.78. The summed E-state index contributed by atoms with van der Waals surface area (Å²) in [4.78, 5) is 30.1. The van der Waals surface area contributed by atoms with Crippen molar-refractivity contribution in [3.63, 3.8) is 0 Å². The molecule has 0 aliphatic carbocycles. The molecule has 0 spiro atoms. The lowest BCUT2D eigenvalue weighted by atomic mass is 9.94. The number of nitrogens with one attached hydrogen (secondary N) is 1. The second-order valence-corrected chi connectivity index (χ2v) is 6.61. The van der Waals surface area contributed by atoms with Crippen molar-refractivity contribution in [1.29, 1.82) is 0 Å². The summed E-state index contributed by atoms with van der Waals surface area (Å²) < 4.78 is 6.22. The van der Waals surface area contributed by atoms with Crippen LogP contribution in [-0.4, -0.2) is 36.2 Å². The minimum Gasteiger partial charge on any atom is -0.381 e. The predicted molar refractivity (Wildman–Crippen MR) is 84.6 cm³/mol. The molecular weight excluding hydrogens is 350 g/mol. The molecule has 1 N–H and O–H groups in total. The topological polar surface area (TPSA) is 71.5 Å². The van der Waals surface area contributed by atoms with E-state index in [1.165, 1.54) is 4.90 Å². The van der Waals surface area contributed by atoms with E-state index >= 15 is 0 Å². The summed E-state index contributed by atoms with van der Waals surface area (Å²) in [5.74, 6) is 0.114. The standard InChI is InChI=1S/C15H18BrN3O3/c1-9-11(16)6-17-7-13(9)19-14(20)12(18-15(19)21)5-10-3-2-4-22-8-10/h6-7,10,12H,2-5,8H2,1H3,(H,18,21). The number of imide groups is 1. The third-order valence-corrected chi connectivity index (χ3v) is 5.01. The van der Waals surface area contributed by atoms with Crippen LogP contribution in [0.3, 0.4) is 0 Å². The van der Waals surface area contributed by atoms with Crippen LogP contribution in [0, 0.1) is 12.8 Å². The minimum atomic E-state index is -0.474. The number of hydrogen-bond acceptors (Lipinski definition) is 4. The van der Waals surface area contributed by atoms with E-state index in [2.05, 4.69) is 26.2 Å². The van der Waals surface area contributed by atoms with Gasteiger partial charge in [0.1, 0.15) is 6.04 Å². The van der Waals surface area contributed by atoms with Crippen LogP contribution in [0.4, 0.5) is 10.5 Å². The van der Waals surface area contributed by atoms with Crippen LogP contribution in [0.15, 0.2) is 16.9 Å². The number of urea groups is 1. The van der Waals surface area contributed by atoms with Crippen LogP contribution in [0.5, 0.6) is 0 Å². The number of ether oxygens (including phenoxy) is 1. The maximum absolute atomic E-state index is 12.6. The third-order valence-electron chi connectivity index (χ3n) is 4.21. The monoisotopic (exact) mass is 367 g/mol. The summed E-state index contributed by atoms with van der Waals surface area (Å²) in [5, 5.41) is 2.79. The van der Waals surface area contributed by atoms with E-state index < -0.39 is 6.04 Å². The van der Waals surface area contributed by atoms with Gasteiger partial charge in [-0.2, -0.15) is 0 Å². The molecule has 2 aliphatic heterocycles. The molecule has 7 heteroatoms. The highest BCUT2D eigenvalue weighted by molar-refractivity contribution is 9.10. The van der Waals surface area contributed by atoms with Gasteiger partial charge in [-0.1, -0.05) is 0 Å². The Hall–Kier alpha value is -1.47. The van der Waals surface area contributed by atoms with Crippen LogP contribution in [0.25, 0.3) is 0 Å². The molecule has 118 valence electrons. The molecule has 6 nitrogen and oxygen atoms in total. The maximum Gasteiger partial charge on any atom is 0.329 e. The van der Waals surface area contributed by atoms with Gasteiger partial charge in [-0.05, 0) is 53.6 Å². The first-order valence-electron chi connectivity index (χ1n) is 7.40. The molecule has 3 rings (SSSR count). The molecule has 2 aliphatic rings. The van der Waals surface area contributed by atoms with E-state index in [-0.39, 0.29) is 11.9 Å². The second kappa shape index (κ2) is 6.34. The van der Waals surface area contributed by atoms with Gasteiger partial charge in [0, 0.05) is 23.9 Å². The molecule has 3 amide bonds. The fourth-order valence-corrected chi connectivity index (χ4v) is 3.28. The Kier molecular flexibility index (Phi) is 4.44. The summed E-state index contributed by atoms with van der Waals surface area (Å²) in [7, 11) is 0. The van der Waals surface area contributed by atoms with E-state index in [1.54, 1.807) is 12.4 Å². The normalized spacial score (nSPS) is 25.5. The van der Waals surface area contributed by atoms with Gasteiger partial charge < -0.3 is 10.1 Å². The summed E-state index contributed by atoms with van der Waals surface area (Å²) in [6.07, 6.45) is 5.87. The van der Waals surface area contributed by atoms with Gasteiger partial charge in [0.2, 0.25) is 0 Å². The fraction of sp³-hybridized carbons (Fsp3) is 0.533. The third kappa shape index (κ3) is 2.87. The number of aromatic nitrogens is 1. The van der Waals surface area contributed by atoms with Crippen LogP contribution in [0.2, 0.25) is 0 Å². The smallest absolute Gasteiger partial charge is 0.329 e. The highest BCUT2D eigenvalue weighted by atomic mass is 79.9. The van der Waals surface area contributed by atoms with E-state index in [1.807, 2.05) is 6.92 Å². The van der Waals surface area contributed by atoms with Crippen LogP contribution in [-0.2, 0) is 9.53 Å². The Labute approximate surface area is 137 Å². The number of hydrogen-bond donors (Lipinski definition) is 1. The molecule has 1 aromatic rings. The van der Waals surface area contributed by atoms with Crippen LogP contribution < -0.4 is 10.2 Å². The number of carbonyl (C=O) groups excluding carboxylic acids is 2. The molecule has 0 saturated carbocycles. The van der Waals surface area contributed by atoms with Crippen LogP contribution >= 0.6 is 15.9 Å². The second-order valence-electron chi connectivity index (χ2n) is 5.76. The summed E-state index contributed by atoms with van der Waals surface area (Å²) in [6.45, 7) is 3.30. The number of carbonyl (C=O) groups is 2. The van der Waals surface area contributed by atoms with Crippen molar-refractivity contribution >= 4 is 33.6 Å². The average molecular weight is 368 g/mol. The van der Waals surface area contributed by atoms with Crippen molar-refractivity contribution in [2.45, 2.75) is 32.2 Å². The minimum absolute atomic E-state index is 0.210. The SMILES string of the molecule is Cc1c(Br)cncc1N1C(=O)NC(CC2CCCOC2)C1=O. The maximum atomic E-state index is 12.6. The van der Waals surface area contributed by atoms with Gasteiger partial charge in [-0.3, -0.25) is 9.78 Å². The summed E-state index contributed by atoms with van der Waals surface area (Å²) in [5.41, 5.74) is 1.35. The molecule has 0 aromatic carbocycles. The summed E-state index contributed by atoms with van der Waals surface area (Å²) in [6, 6.07) is -0.854. The van der Waals surface area contributed by atoms with Crippen molar-refractivity contribution in [3.05, 3.63) is 22.4 Å². The Morgan fingerprint density at radius 1 is 1.45 bits per heavy atom. The highest BCUT2D eigenvalue weighted by Crippen LogP contribution is 2.29. The van der Waals surface area contributed by atoms with E-state index in [0.717, 1.165) is 29.5 Å². The Morgan fingerprint density at radius 2 is 2.27 bits per heavy atom. The fourth-order valence-electron chi connectivity index (χ4n) is 2.96. The zero-order chi connectivity index (χ0) is 15.7. The highest BCUT2D eigenvalue weighted by Gasteiger charge is 2.41. The molecule has 2 unspecified atom stereocenters. The molecule has 1 aromatic heterocycles. The molecule has 2 atom stereocenters. The lowest BCUT2D eigenvalue weighted by Crippen LogP contribution is -2.34. The van der Waals surface area contributed by atoms with Crippen molar-refractivity contribution < 1.29 is 14.3 Å². The number of nitrogens with zero attached hydrogens (tertiary/aromatic N) is 2. The van der Waals surface area contributed by atoms with E-state index in [9.17, 15) is 9.59 Å². The largest absolute Gasteiger partial charge is 0.381 e. The molecule has 2 fully saturated rings. The number of pyridine rings is 1. The molecule has 2 saturated heterocycles. The van der Waals surface area contributed by atoms with E-state index in [0.29, 0.717) is 24.6 Å². The molecule has 0 radical (unpaired) electrons. The van der Waals surface area contributed by atoms with Gasteiger partial charge in [0.05, 0.1) is 11.9 Å². The quantitative estimate of drug-likeness (QED) is 0.832. The zero-order valence-electron chi connectivity index (χ0n) is 12.3. The van der Waals surface area contributed by atoms with E-state index in [4.69, 9.17) is 4.74 Å². The van der Waals surface area contributed by atoms with Gasteiger partial charge in [-0.25, -0.2) is 9.69 Å². The van der Waals surface area contributed by atoms with Crippen LogP contribution in [0.1, 0.15) is 24.8 Å². The lowest BCUT2D eigenvalue weighted by Gasteiger charge is -2.23. The predicted octanol–water partition coefficient (Wildman–Crippen LogP) is 2.39. The first-order chi connectivity index (χ1) is 10.6. The molecule has 22 heavy (non-hydrogen) atoms. The van der Waals surface area contributed by atoms with Crippen molar-refractivity contribution in [2.75, 3.05) is 18.1 Å². The van der Waals surface area contributed by atoms with Gasteiger partial charge in [-0.15, -0.1) is 0 Å². The number of amides is 3. The number of rotatable bonds is 3. The molecular formula is C15H18BrN3O3. The van der Waals surface area contributed by atoms with Crippen molar-refractivity contribution in [2.24, 2.45) is 5.92 Å². The van der Waals surface area contributed by atoms with Gasteiger partial charge >= 0.3 is 6.03 Å². The molecule has 3 heterocycles. The Bertz CT molecular complexity index is 602. The summed E-state index contributed by atoms with van der Waals surface area (Å²) >= 11 is 3.38. The first kappa shape index (κ1) is 15.4. The zero-order valence-corrected chi connectivity index (χ0v) is 13.9. The average Bonchev–Trinajstić information content (AvgIpc) is 2.78. The van der Waals surface area contributed by atoms with Crippen molar-refractivity contribution in [1.82, 2.24) is 10.3 Å². The number of halogens is 1. The lowest BCUT2D eigenvalue weighted by molar-refractivity contribution is -0.118. The first-order valence-corrected chi connectivity index (χ1v) is 8.19.